The van der Waals surface area contributed by atoms with Crippen LogP contribution in [0.1, 0.15) is 12.0 Å². The Morgan fingerprint density at radius 1 is 1.32 bits per heavy atom. The largest absolute Gasteiger partial charge is 0.481 e. The van der Waals surface area contributed by atoms with E-state index in [1.54, 1.807) is 18.2 Å². The van der Waals surface area contributed by atoms with E-state index in [0.29, 0.717) is 20.9 Å². The van der Waals surface area contributed by atoms with Gasteiger partial charge in [0, 0.05) is 17.1 Å². The molecule has 0 fully saturated rings. The number of methoxy groups -OCH3 is 1. The molecule has 0 saturated heterocycles. The minimum absolute atomic E-state index is 0.0563. The van der Waals surface area contributed by atoms with E-state index in [1.165, 1.54) is 16.6 Å². The van der Waals surface area contributed by atoms with E-state index in [4.69, 9.17) is 16.7 Å². The summed E-state index contributed by atoms with van der Waals surface area (Å²) in [5.74, 6) is -2.20. The van der Waals surface area contributed by atoms with Gasteiger partial charge in [-0.3, -0.25) is 28.6 Å². The van der Waals surface area contributed by atoms with Gasteiger partial charge >= 0.3 is 11.9 Å². The number of hydrogen-bond donors (Lipinski definition) is 1. The van der Waals surface area contributed by atoms with Gasteiger partial charge in [0.15, 0.2) is 0 Å². The SMILES string of the molecule is C=c1s/c(=C2\C(=O)N(CC(=O)OC)c3ccc(Cl)cc32)c(=O)n1CCC(=O)O. The molecular weight excluding hydrogens is 408 g/mol. The average molecular weight is 423 g/mol. The first-order valence-electron chi connectivity index (χ1n) is 8.08. The maximum absolute atomic E-state index is 13.0. The lowest BCUT2D eigenvalue weighted by Gasteiger charge is -2.15. The second kappa shape index (κ2) is 7.61. The lowest BCUT2D eigenvalue weighted by molar-refractivity contribution is -0.139. The molecule has 1 N–H and O–H groups in total. The molecule has 0 spiro atoms. The summed E-state index contributed by atoms with van der Waals surface area (Å²) in [5, 5.41) is 9.23. The van der Waals surface area contributed by atoms with Crippen LogP contribution in [0.25, 0.3) is 12.2 Å². The smallest absolute Gasteiger partial charge is 0.325 e. The van der Waals surface area contributed by atoms with E-state index >= 15 is 0 Å². The van der Waals surface area contributed by atoms with E-state index in [1.807, 2.05) is 0 Å². The highest BCUT2D eigenvalue weighted by Crippen LogP contribution is 2.36. The number of ether oxygens (including phenoxy) is 1. The maximum atomic E-state index is 13.0. The summed E-state index contributed by atoms with van der Waals surface area (Å²) in [7, 11) is 1.21. The van der Waals surface area contributed by atoms with Crippen LogP contribution in [0.4, 0.5) is 5.69 Å². The second-order valence-corrected chi connectivity index (χ2v) is 7.45. The Labute approximate surface area is 167 Å². The number of halogens is 1. The van der Waals surface area contributed by atoms with Crippen molar-refractivity contribution in [1.82, 2.24) is 4.57 Å². The molecule has 2 aromatic rings. The third kappa shape index (κ3) is 3.46. The maximum Gasteiger partial charge on any atom is 0.325 e. The van der Waals surface area contributed by atoms with E-state index in [-0.39, 0.29) is 29.6 Å². The summed E-state index contributed by atoms with van der Waals surface area (Å²) >= 11 is 7.07. The number of carboxylic acids is 1. The minimum Gasteiger partial charge on any atom is -0.481 e. The van der Waals surface area contributed by atoms with E-state index in [0.717, 1.165) is 11.3 Å². The number of carbonyl (C=O) groups is 3. The third-order valence-electron chi connectivity index (χ3n) is 4.23. The van der Waals surface area contributed by atoms with Crippen LogP contribution in [0.5, 0.6) is 0 Å². The highest BCUT2D eigenvalue weighted by atomic mass is 35.5. The first kappa shape index (κ1) is 19.8. The first-order chi connectivity index (χ1) is 13.2. The zero-order valence-corrected chi connectivity index (χ0v) is 16.3. The fraction of sp³-hybridized carbons (Fsp3) is 0.222. The molecule has 10 heteroatoms. The van der Waals surface area contributed by atoms with E-state index in [9.17, 15) is 19.2 Å². The van der Waals surface area contributed by atoms with Gasteiger partial charge in [0.1, 0.15) is 11.1 Å². The number of aliphatic carboxylic acids is 1. The Balaban J connectivity index is 2.24. The Kier molecular flexibility index (Phi) is 5.39. The number of carbonyl (C=O) groups excluding carboxylic acids is 2. The molecule has 1 aromatic carbocycles. The highest BCUT2D eigenvalue weighted by molar-refractivity contribution is 7.07. The lowest BCUT2D eigenvalue weighted by atomic mass is 10.1. The molecule has 0 radical (unpaired) electrons. The van der Waals surface area contributed by atoms with Gasteiger partial charge in [-0.15, -0.1) is 11.3 Å². The molecule has 0 saturated carbocycles. The zero-order valence-electron chi connectivity index (χ0n) is 14.7. The van der Waals surface area contributed by atoms with Crippen molar-refractivity contribution in [2.45, 2.75) is 13.0 Å². The fourth-order valence-corrected chi connectivity index (χ4v) is 4.11. The number of anilines is 1. The molecule has 1 aliphatic rings. The topological polar surface area (TPSA) is 106 Å². The molecule has 1 aliphatic heterocycles. The molecule has 0 atom stereocenters. The average Bonchev–Trinajstić information content (AvgIpc) is 3.06. The lowest BCUT2D eigenvalue weighted by Crippen LogP contribution is -2.37. The monoisotopic (exact) mass is 422 g/mol. The number of esters is 1. The van der Waals surface area contributed by atoms with Crippen LogP contribution in [-0.2, 0) is 25.7 Å². The number of thiazole rings is 1. The van der Waals surface area contributed by atoms with Crippen molar-refractivity contribution in [3.8, 4) is 0 Å². The van der Waals surface area contributed by atoms with Crippen LogP contribution < -0.4 is 19.7 Å². The number of rotatable bonds is 5. The van der Waals surface area contributed by atoms with Gasteiger partial charge in [-0.25, -0.2) is 0 Å². The number of aromatic nitrogens is 1. The molecule has 3 rings (SSSR count). The standard InChI is InChI=1S/C18H15ClN2O6S/c1-9-20(6-5-13(22)23)18(26)16(28-9)15-11-7-10(19)3-4-12(11)21(17(15)25)8-14(24)27-2/h3-4,7H,1,5-6,8H2,2H3,(H,22,23)/b16-15-. The van der Waals surface area contributed by atoms with E-state index in [2.05, 4.69) is 11.3 Å². The molecule has 0 unspecified atom stereocenters. The van der Waals surface area contributed by atoms with Gasteiger partial charge in [-0.1, -0.05) is 18.2 Å². The predicted octanol–water partition coefficient (Wildman–Crippen LogP) is 0.167. The van der Waals surface area contributed by atoms with Gasteiger partial charge in [-0.2, -0.15) is 0 Å². The molecule has 0 bridgehead atoms. The Morgan fingerprint density at radius 2 is 2.04 bits per heavy atom. The molecule has 146 valence electrons. The first-order valence-corrected chi connectivity index (χ1v) is 9.27. The fourth-order valence-electron chi connectivity index (χ4n) is 2.92. The van der Waals surface area contributed by atoms with Crippen molar-refractivity contribution >= 4 is 58.6 Å². The zero-order chi connectivity index (χ0) is 20.6. The van der Waals surface area contributed by atoms with Crippen LogP contribution in [0.15, 0.2) is 23.0 Å². The number of nitrogens with zero attached hydrogens (tertiary/aromatic N) is 2. The van der Waals surface area contributed by atoms with Crippen LogP contribution in [-0.4, -0.2) is 41.2 Å². The molecule has 1 amide bonds. The summed E-state index contributed by atoms with van der Waals surface area (Å²) in [5.41, 5.74) is 0.455. The highest BCUT2D eigenvalue weighted by Gasteiger charge is 2.35. The van der Waals surface area contributed by atoms with Crippen LogP contribution in [0.2, 0.25) is 5.02 Å². The van der Waals surface area contributed by atoms with Crippen molar-refractivity contribution in [1.29, 1.82) is 0 Å². The third-order valence-corrected chi connectivity index (χ3v) is 5.50. The minimum atomic E-state index is -1.05. The van der Waals surface area contributed by atoms with E-state index < -0.39 is 23.4 Å². The van der Waals surface area contributed by atoms with Crippen molar-refractivity contribution in [3.63, 3.8) is 0 Å². The Hall–Kier alpha value is -2.91. The van der Waals surface area contributed by atoms with Crippen molar-refractivity contribution in [2.75, 3.05) is 18.6 Å². The van der Waals surface area contributed by atoms with Gasteiger partial charge < -0.3 is 9.84 Å². The molecule has 2 heterocycles. The van der Waals surface area contributed by atoms with Gasteiger partial charge in [0.2, 0.25) is 0 Å². The molecule has 0 aliphatic carbocycles. The second-order valence-electron chi connectivity index (χ2n) is 5.93. The number of fused-ring (bicyclic) bond motifs is 1. The molecule has 1 aromatic heterocycles. The van der Waals surface area contributed by atoms with Gasteiger partial charge in [0.05, 0.1) is 29.5 Å². The number of carboxylic acid groups (broad SMARTS) is 1. The van der Waals surface area contributed by atoms with Crippen molar-refractivity contribution in [2.24, 2.45) is 0 Å². The van der Waals surface area contributed by atoms with Crippen molar-refractivity contribution in [3.05, 3.63) is 48.3 Å². The quantitative estimate of drug-likeness (QED) is 0.688. The van der Waals surface area contributed by atoms with Crippen LogP contribution in [0, 0.1) is 0 Å². The van der Waals surface area contributed by atoms with Crippen molar-refractivity contribution < 1.29 is 24.2 Å². The van der Waals surface area contributed by atoms with Gasteiger partial charge in [0.25, 0.3) is 11.5 Å². The molecule has 28 heavy (non-hydrogen) atoms. The Bertz CT molecular complexity index is 1170. The Morgan fingerprint density at radius 3 is 2.68 bits per heavy atom. The van der Waals surface area contributed by atoms with Crippen LogP contribution in [0.3, 0.4) is 0 Å². The summed E-state index contributed by atoms with van der Waals surface area (Å²) in [6.45, 7) is 3.41. The number of hydrogen-bond acceptors (Lipinski definition) is 6. The summed E-state index contributed by atoms with van der Waals surface area (Å²) in [4.78, 5) is 49.7. The summed E-state index contributed by atoms with van der Waals surface area (Å²) in [6, 6.07) is 4.71. The van der Waals surface area contributed by atoms with Crippen LogP contribution >= 0.6 is 22.9 Å². The summed E-state index contributed by atoms with van der Waals surface area (Å²) < 4.78 is 6.32. The number of benzene rings is 1. The predicted molar refractivity (Wildman–Crippen MR) is 104 cm³/mol. The molecule has 8 nitrogen and oxygen atoms in total. The summed E-state index contributed by atoms with van der Waals surface area (Å²) in [6.07, 6.45) is -0.251. The molecular formula is C18H15ClN2O6S. The number of amides is 1. The normalized spacial score (nSPS) is 14.9. The van der Waals surface area contributed by atoms with Gasteiger partial charge in [-0.05, 0) is 18.2 Å².